The van der Waals surface area contributed by atoms with Crippen molar-refractivity contribution >= 4 is 16.0 Å². The lowest BCUT2D eigenvalue weighted by atomic mass is 9.99. The largest absolute Gasteiger partial charge is 0.356 e. The Kier molecular flexibility index (Phi) is 10.4. The molecule has 0 bridgehead atoms. The van der Waals surface area contributed by atoms with E-state index in [4.69, 9.17) is 0 Å². The molecule has 0 aromatic carbocycles. The fourth-order valence-corrected chi connectivity index (χ4v) is 3.97. The average Bonchev–Trinajstić information content (AvgIpc) is 2.57. The third kappa shape index (κ3) is 9.42. The van der Waals surface area contributed by atoms with Crippen LogP contribution in [0.1, 0.15) is 39.5 Å². The summed E-state index contributed by atoms with van der Waals surface area (Å²) in [5.41, 5.74) is 0. The lowest BCUT2D eigenvalue weighted by Gasteiger charge is -2.30. The van der Waals surface area contributed by atoms with Gasteiger partial charge in [0.25, 0.3) is 0 Å². The number of rotatable bonds is 10. The molecule has 0 aromatic heterocycles. The monoisotopic (exact) mass is 375 g/mol. The number of sulfonamides is 1. The zero-order valence-corrected chi connectivity index (χ0v) is 17.2. The summed E-state index contributed by atoms with van der Waals surface area (Å²) < 4.78 is 24.6. The fourth-order valence-electron chi connectivity index (χ4n) is 3.04. The minimum Gasteiger partial charge on any atom is -0.356 e. The molecule has 0 spiro atoms. The maximum Gasteiger partial charge on any atom is 0.211 e. The minimum absolute atomic E-state index is 0.515. The summed E-state index contributed by atoms with van der Waals surface area (Å²) in [5.74, 6) is 1.67. The molecule has 2 N–H and O–H groups in total. The zero-order chi connectivity index (χ0) is 18.7. The number of hydrogen-bond acceptors (Lipinski definition) is 4. The van der Waals surface area contributed by atoms with Gasteiger partial charge < -0.3 is 15.5 Å². The molecule has 1 heterocycles. The minimum atomic E-state index is -3.10. The van der Waals surface area contributed by atoms with Gasteiger partial charge >= 0.3 is 0 Å². The van der Waals surface area contributed by atoms with E-state index in [1.54, 1.807) is 7.05 Å². The number of likely N-dealkylation sites (tertiary alicyclic amines) is 1. The Labute approximate surface area is 154 Å². The van der Waals surface area contributed by atoms with Crippen molar-refractivity contribution in [3.8, 4) is 0 Å². The summed E-state index contributed by atoms with van der Waals surface area (Å²) in [4.78, 5) is 6.76. The third-order valence-corrected chi connectivity index (χ3v) is 6.12. The average molecular weight is 376 g/mol. The van der Waals surface area contributed by atoms with E-state index >= 15 is 0 Å². The third-order valence-electron chi connectivity index (χ3n) is 4.74. The Hall–Kier alpha value is -0.860. The quantitative estimate of drug-likeness (QED) is 0.338. The highest BCUT2D eigenvalue weighted by atomic mass is 32.2. The van der Waals surface area contributed by atoms with Crippen molar-refractivity contribution in [1.29, 1.82) is 0 Å². The standard InChI is InChI=1S/C17H37N5O2S/c1-5-22(25(4,23)24)13-7-11-20-17(18-3)19-10-6-12-21-14-8-16(2)9-15-21/h16H,5-15H2,1-4H3,(H2,18,19,20). The molecule has 0 aliphatic carbocycles. The summed E-state index contributed by atoms with van der Waals surface area (Å²) in [7, 11) is -1.34. The van der Waals surface area contributed by atoms with Crippen LogP contribution in [0.25, 0.3) is 0 Å². The van der Waals surface area contributed by atoms with Crippen molar-refractivity contribution in [1.82, 2.24) is 19.8 Å². The van der Waals surface area contributed by atoms with Gasteiger partial charge in [-0.05, 0) is 51.2 Å². The molecule has 1 aliphatic heterocycles. The number of hydrogen-bond donors (Lipinski definition) is 2. The second-order valence-electron chi connectivity index (χ2n) is 6.91. The fraction of sp³-hybridized carbons (Fsp3) is 0.941. The second-order valence-corrected chi connectivity index (χ2v) is 8.89. The van der Waals surface area contributed by atoms with Crippen molar-refractivity contribution in [2.45, 2.75) is 39.5 Å². The van der Waals surface area contributed by atoms with E-state index in [9.17, 15) is 8.42 Å². The van der Waals surface area contributed by atoms with Crippen molar-refractivity contribution in [3.63, 3.8) is 0 Å². The molecule has 0 saturated carbocycles. The number of nitrogens with one attached hydrogen (secondary N) is 2. The SMILES string of the molecule is CCN(CCCNC(=NC)NCCCN1CCC(C)CC1)S(C)(=O)=O. The van der Waals surface area contributed by atoms with Crippen LogP contribution in [0, 0.1) is 5.92 Å². The highest BCUT2D eigenvalue weighted by molar-refractivity contribution is 7.88. The van der Waals surface area contributed by atoms with Gasteiger partial charge in [0.05, 0.1) is 6.26 Å². The van der Waals surface area contributed by atoms with Gasteiger partial charge in [0.1, 0.15) is 0 Å². The Morgan fingerprint density at radius 2 is 1.80 bits per heavy atom. The van der Waals surface area contributed by atoms with Crippen molar-refractivity contribution in [2.24, 2.45) is 10.9 Å². The first-order valence-electron chi connectivity index (χ1n) is 9.48. The number of piperidine rings is 1. The van der Waals surface area contributed by atoms with Crippen LogP contribution in [0.3, 0.4) is 0 Å². The Morgan fingerprint density at radius 3 is 2.32 bits per heavy atom. The van der Waals surface area contributed by atoms with Gasteiger partial charge in [0, 0.05) is 33.2 Å². The summed E-state index contributed by atoms with van der Waals surface area (Å²) >= 11 is 0. The number of aliphatic imine (C=N–C) groups is 1. The maximum atomic E-state index is 11.5. The van der Waals surface area contributed by atoms with Gasteiger partial charge in [-0.1, -0.05) is 13.8 Å². The van der Waals surface area contributed by atoms with Crippen molar-refractivity contribution in [3.05, 3.63) is 0 Å². The molecular formula is C17H37N5O2S. The molecule has 1 rings (SSSR count). The van der Waals surface area contributed by atoms with E-state index in [-0.39, 0.29) is 0 Å². The molecule has 7 nitrogen and oxygen atoms in total. The van der Waals surface area contributed by atoms with Gasteiger partial charge in [-0.2, -0.15) is 0 Å². The Morgan fingerprint density at radius 1 is 1.20 bits per heavy atom. The van der Waals surface area contributed by atoms with Crippen LogP contribution < -0.4 is 10.6 Å². The van der Waals surface area contributed by atoms with E-state index in [1.165, 1.54) is 36.5 Å². The lowest BCUT2D eigenvalue weighted by Crippen LogP contribution is -2.41. The summed E-state index contributed by atoms with van der Waals surface area (Å²) in [6, 6.07) is 0. The van der Waals surface area contributed by atoms with Crippen LogP contribution in [-0.4, -0.2) is 82.7 Å². The summed E-state index contributed by atoms with van der Waals surface area (Å²) in [6.07, 6.45) is 5.76. The van der Waals surface area contributed by atoms with E-state index < -0.39 is 10.0 Å². The summed E-state index contributed by atoms with van der Waals surface area (Å²) in [6.45, 7) is 10.4. The molecule has 1 fully saturated rings. The Balaban J connectivity index is 2.12. The van der Waals surface area contributed by atoms with Crippen LogP contribution >= 0.6 is 0 Å². The number of nitrogens with zero attached hydrogens (tertiary/aromatic N) is 3. The zero-order valence-electron chi connectivity index (χ0n) is 16.4. The second kappa shape index (κ2) is 11.7. The molecule has 0 unspecified atom stereocenters. The first kappa shape index (κ1) is 22.2. The van der Waals surface area contributed by atoms with Crippen LogP contribution in [0.5, 0.6) is 0 Å². The molecule has 0 atom stereocenters. The van der Waals surface area contributed by atoms with Crippen molar-refractivity contribution in [2.75, 3.05) is 59.1 Å². The van der Waals surface area contributed by atoms with Crippen LogP contribution in [0.2, 0.25) is 0 Å². The molecule has 1 saturated heterocycles. The van der Waals surface area contributed by atoms with Crippen LogP contribution in [-0.2, 0) is 10.0 Å². The van der Waals surface area contributed by atoms with Crippen LogP contribution in [0.15, 0.2) is 4.99 Å². The smallest absolute Gasteiger partial charge is 0.211 e. The van der Waals surface area contributed by atoms with Crippen molar-refractivity contribution < 1.29 is 8.42 Å². The maximum absolute atomic E-state index is 11.5. The van der Waals surface area contributed by atoms with Gasteiger partial charge in [0.2, 0.25) is 10.0 Å². The highest BCUT2D eigenvalue weighted by Gasteiger charge is 2.15. The topological polar surface area (TPSA) is 77.0 Å². The molecular weight excluding hydrogens is 338 g/mol. The first-order chi connectivity index (χ1) is 11.9. The van der Waals surface area contributed by atoms with E-state index in [1.807, 2.05) is 6.92 Å². The predicted octanol–water partition coefficient (Wildman–Crippen LogP) is 0.945. The Bertz CT molecular complexity index is 487. The molecule has 0 aromatic rings. The van der Waals surface area contributed by atoms with Gasteiger partial charge in [0.15, 0.2) is 5.96 Å². The predicted molar refractivity (Wildman–Crippen MR) is 106 cm³/mol. The van der Waals surface area contributed by atoms with Gasteiger partial charge in [-0.3, -0.25) is 4.99 Å². The molecule has 8 heteroatoms. The van der Waals surface area contributed by atoms with E-state index in [0.29, 0.717) is 19.6 Å². The number of guanidine groups is 1. The molecule has 0 amide bonds. The van der Waals surface area contributed by atoms with E-state index in [2.05, 4.69) is 27.4 Å². The van der Waals surface area contributed by atoms with Crippen LogP contribution in [0.4, 0.5) is 0 Å². The highest BCUT2D eigenvalue weighted by Crippen LogP contribution is 2.15. The lowest BCUT2D eigenvalue weighted by molar-refractivity contribution is 0.191. The normalized spacial score (nSPS) is 17.9. The van der Waals surface area contributed by atoms with E-state index in [0.717, 1.165) is 37.8 Å². The molecule has 0 radical (unpaired) electrons. The van der Waals surface area contributed by atoms with Gasteiger partial charge in [-0.15, -0.1) is 0 Å². The first-order valence-corrected chi connectivity index (χ1v) is 11.3. The molecule has 148 valence electrons. The van der Waals surface area contributed by atoms with Gasteiger partial charge in [-0.25, -0.2) is 12.7 Å². The summed E-state index contributed by atoms with van der Waals surface area (Å²) in [5, 5.41) is 6.58. The molecule has 25 heavy (non-hydrogen) atoms. The molecule has 1 aliphatic rings.